The lowest BCUT2D eigenvalue weighted by Gasteiger charge is -2.13. The summed E-state index contributed by atoms with van der Waals surface area (Å²) in [7, 11) is 1.71. The molecule has 0 saturated carbocycles. The fourth-order valence-corrected chi connectivity index (χ4v) is 1.28. The van der Waals surface area contributed by atoms with E-state index in [-0.39, 0.29) is 0 Å². The van der Waals surface area contributed by atoms with Crippen LogP contribution in [-0.2, 0) is 6.54 Å². The van der Waals surface area contributed by atoms with Crippen molar-refractivity contribution in [2.75, 3.05) is 7.11 Å². The molecule has 1 rings (SSSR count). The molecule has 0 aliphatic rings. The fourth-order valence-electron chi connectivity index (χ4n) is 1.28. The van der Waals surface area contributed by atoms with Crippen molar-refractivity contribution in [2.24, 2.45) is 0 Å². The van der Waals surface area contributed by atoms with Crippen molar-refractivity contribution in [3.8, 4) is 5.75 Å². The fraction of sp³-hybridized carbons (Fsp3) is 0.500. The molecule has 2 heteroatoms. The van der Waals surface area contributed by atoms with E-state index in [0.717, 1.165) is 18.7 Å². The molecule has 0 saturated heterocycles. The third-order valence-corrected chi connectivity index (χ3v) is 2.45. The second kappa shape index (κ2) is 5.66. The van der Waals surface area contributed by atoms with Crippen LogP contribution in [0.5, 0.6) is 5.75 Å². The van der Waals surface area contributed by atoms with Gasteiger partial charge in [-0.1, -0.05) is 25.1 Å². The van der Waals surface area contributed by atoms with E-state index < -0.39 is 0 Å². The predicted octanol–water partition coefficient (Wildman–Crippen LogP) is 2.58. The van der Waals surface area contributed by atoms with Gasteiger partial charge in [0.05, 0.1) is 7.11 Å². The third kappa shape index (κ3) is 3.04. The summed E-state index contributed by atoms with van der Waals surface area (Å²) < 4.78 is 5.27. The Morgan fingerprint density at radius 2 is 2.07 bits per heavy atom. The topological polar surface area (TPSA) is 21.3 Å². The lowest BCUT2D eigenvalue weighted by molar-refractivity contribution is 0.405. The van der Waals surface area contributed by atoms with Crippen LogP contribution >= 0.6 is 0 Å². The largest absolute Gasteiger partial charge is 0.496 e. The molecule has 1 aromatic carbocycles. The summed E-state index contributed by atoms with van der Waals surface area (Å²) in [5, 5.41) is 3.44. The van der Waals surface area contributed by atoms with Crippen molar-refractivity contribution in [1.82, 2.24) is 5.32 Å². The third-order valence-electron chi connectivity index (χ3n) is 2.45. The molecule has 14 heavy (non-hydrogen) atoms. The molecule has 0 aromatic heterocycles. The van der Waals surface area contributed by atoms with Gasteiger partial charge in [-0.15, -0.1) is 0 Å². The molecule has 2 nitrogen and oxygen atoms in total. The van der Waals surface area contributed by atoms with E-state index in [1.165, 1.54) is 5.56 Å². The number of methoxy groups -OCH3 is 1. The number of hydrogen-bond donors (Lipinski definition) is 1. The Balaban J connectivity index is 2.57. The monoisotopic (exact) mass is 193 g/mol. The molecule has 0 heterocycles. The molecule has 1 aromatic rings. The normalized spacial score (nSPS) is 12.5. The van der Waals surface area contributed by atoms with E-state index in [4.69, 9.17) is 4.74 Å². The van der Waals surface area contributed by atoms with Crippen LogP contribution in [0.4, 0.5) is 0 Å². The molecule has 1 atom stereocenters. The first kappa shape index (κ1) is 11.1. The average Bonchev–Trinajstić information content (AvgIpc) is 2.26. The lowest BCUT2D eigenvalue weighted by atomic mass is 10.2. The Morgan fingerprint density at radius 1 is 1.36 bits per heavy atom. The number of para-hydroxylation sites is 1. The molecule has 0 bridgehead atoms. The van der Waals surface area contributed by atoms with Crippen molar-refractivity contribution in [3.05, 3.63) is 29.8 Å². The van der Waals surface area contributed by atoms with Gasteiger partial charge in [-0.05, 0) is 19.4 Å². The van der Waals surface area contributed by atoms with Crippen molar-refractivity contribution in [1.29, 1.82) is 0 Å². The van der Waals surface area contributed by atoms with Crippen molar-refractivity contribution in [3.63, 3.8) is 0 Å². The van der Waals surface area contributed by atoms with Gasteiger partial charge in [0.15, 0.2) is 0 Å². The molecule has 0 spiro atoms. The van der Waals surface area contributed by atoms with Crippen LogP contribution in [0.15, 0.2) is 24.3 Å². The Labute approximate surface area is 86.3 Å². The van der Waals surface area contributed by atoms with E-state index in [9.17, 15) is 0 Å². The van der Waals surface area contributed by atoms with Gasteiger partial charge in [0, 0.05) is 18.2 Å². The molecule has 0 fully saturated rings. The van der Waals surface area contributed by atoms with E-state index in [1.807, 2.05) is 18.2 Å². The zero-order valence-electron chi connectivity index (χ0n) is 9.21. The Hall–Kier alpha value is -1.02. The van der Waals surface area contributed by atoms with Gasteiger partial charge in [-0.3, -0.25) is 0 Å². The number of ether oxygens (including phenoxy) is 1. The van der Waals surface area contributed by atoms with Gasteiger partial charge in [-0.2, -0.15) is 0 Å². The highest BCUT2D eigenvalue weighted by Gasteiger charge is 2.02. The molecule has 0 aliphatic carbocycles. The summed E-state index contributed by atoms with van der Waals surface area (Å²) in [5.41, 5.74) is 1.22. The minimum atomic E-state index is 0.555. The van der Waals surface area contributed by atoms with E-state index in [1.54, 1.807) is 7.11 Å². The molecule has 0 unspecified atom stereocenters. The number of nitrogens with one attached hydrogen (secondary N) is 1. The maximum Gasteiger partial charge on any atom is 0.123 e. The zero-order valence-corrected chi connectivity index (χ0v) is 9.21. The minimum absolute atomic E-state index is 0.555. The minimum Gasteiger partial charge on any atom is -0.496 e. The Bertz CT molecular complexity index is 273. The van der Waals surface area contributed by atoms with Gasteiger partial charge >= 0.3 is 0 Å². The van der Waals surface area contributed by atoms with E-state index in [0.29, 0.717) is 6.04 Å². The van der Waals surface area contributed by atoms with Crippen LogP contribution in [-0.4, -0.2) is 13.2 Å². The van der Waals surface area contributed by atoms with E-state index >= 15 is 0 Å². The van der Waals surface area contributed by atoms with Crippen LogP contribution in [0.25, 0.3) is 0 Å². The van der Waals surface area contributed by atoms with Gasteiger partial charge in [0.1, 0.15) is 5.75 Å². The van der Waals surface area contributed by atoms with Gasteiger partial charge in [-0.25, -0.2) is 0 Å². The first-order valence-corrected chi connectivity index (χ1v) is 5.13. The maximum absolute atomic E-state index is 5.27. The smallest absolute Gasteiger partial charge is 0.123 e. The summed E-state index contributed by atoms with van der Waals surface area (Å²) in [6.07, 6.45) is 1.15. The predicted molar refractivity (Wildman–Crippen MR) is 59.6 cm³/mol. The first-order chi connectivity index (χ1) is 6.77. The molecule has 78 valence electrons. The van der Waals surface area contributed by atoms with Crippen LogP contribution in [0, 0.1) is 0 Å². The molecule has 0 amide bonds. The second-order valence-corrected chi connectivity index (χ2v) is 3.50. The summed E-state index contributed by atoms with van der Waals surface area (Å²) in [6, 6.07) is 8.67. The number of hydrogen-bond acceptors (Lipinski definition) is 2. The number of benzene rings is 1. The van der Waals surface area contributed by atoms with Crippen molar-refractivity contribution < 1.29 is 4.74 Å². The first-order valence-electron chi connectivity index (χ1n) is 5.13. The van der Waals surface area contributed by atoms with E-state index in [2.05, 4.69) is 25.2 Å². The van der Waals surface area contributed by atoms with Gasteiger partial charge in [0.2, 0.25) is 0 Å². The molecular weight excluding hydrogens is 174 g/mol. The zero-order chi connectivity index (χ0) is 10.4. The van der Waals surface area contributed by atoms with Crippen LogP contribution in [0.1, 0.15) is 25.8 Å². The summed E-state index contributed by atoms with van der Waals surface area (Å²) in [4.78, 5) is 0. The summed E-state index contributed by atoms with van der Waals surface area (Å²) >= 11 is 0. The highest BCUT2D eigenvalue weighted by molar-refractivity contribution is 5.32. The standard InChI is InChI=1S/C12H19NO/c1-4-10(2)13-9-11-7-5-6-8-12(11)14-3/h5-8,10,13H,4,9H2,1-3H3/t10-/m0/s1. The van der Waals surface area contributed by atoms with Gasteiger partial charge < -0.3 is 10.1 Å². The second-order valence-electron chi connectivity index (χ2n) is 3.50. The van der Waals surface area contributed by atoms with Crippen LogP contribution in [0.3, 0.4) is 0 Å². The summed E-state index contributed by atoms with van der Waals surface area (Å²) in [5.74, 6) is 0.961. The van der Waals surface area contributed by atoms with Crippen molar-refractivity contribution >= 4 is 0 Å². The van der Waals surface area contributed by atoms with Crippen LogP contribution < -0.4 is 10.1 Å². The highest BCUT2D eigenvalue weighted by atomic mass is 16.5. The highest BCUT2D eigenvalue weighted by Crippen LogP contribution is 2.16. The van der Waals surface area contributed by atoms with Gasteiger partial charge in [0.25, 0.3) is 0 Å². The SMILES string of the molecule is CC[C@H](C)NCc1ccccc1OC. The average molecular weight is 193 g/mol. The Morgan fingerprint density at radius 3 is 2.71 bits per heavy atom. The van der Waals surface area contributed by atoms with Crippen LogP contribution in [0.2, 0.25) is 0 Å². The molecule has 1 N–H and O–H groups in total. The van der Waals surface area contributed by atoms with Crippen molar-refractivity contribution in [2.45, 2.75) is 32.9 Å². The molecule has 0 radical (unpaired) electrons. The molecular formula is C12H19NO. The molecule has 0 aliphatic heterocycles. The Kier molecular flexibility index (Phi) is 4.47. The lowest BCUT2D eigenvalue weighted by Crippen LogP contribution is -2.24. The summed E-state index contributed by atoms with van der Waals surface area (Å²) in [6.45, 7) is 5.24. The maximum atomic E-state index is 5.27. The number of rotatable bonds is 5. The quantitative estimate of drug-likeness (QED) is 0.776.